The molecule has 1 unspecified atom stereocenters. The standard InChI is InChI=1S/C20H23N7O2/c21-6-5-18(13-3-1-2-4-13)27-12-16(10-25-27)19(15(8-22)11-26-29)17-7-14(9-24-17)20(23)28/h7-10,12-13,18,22,24H,1-5,11H2,(H2,23,28)/b19-15+,22-8?. The molecular formula is C20H23N7O2. The Morgan fingerprint density at radius 1 is 1.48 bits per heavy atom. The fourth-order valence-electron chi connectivity index (χ4n) is 4.02. The van der Waals surface area contributed by atoms with Crippen molar-refractivity contribution >= 4 is 17.7 Å². The highest BCUT2D eigenvalue weighted by molar-refractivity contribution is 5.98. The number of carbonyl (C=O) groups is 1. The lowest BCUT2D eigenvalue weighted by molar-refractivity contribution is 0.100. The van der Waals surface area contributed by atoms with E-state index in [2.05, 4.69) is 21.3 Å². The number of rotatable bonds is 9. The Bertz CT molecular complexity index is 973. The molecule has 0 bridgehead atoms. The summed E-state index contributed by atoms with van der Waals surface area (Å²) in [5.74, 6) is -0.177. The van der Waals surface area contributed by atoms with Crippen LogP contribution in [0.5, 0.6) is 0 Å². The van der Waals surface area contributed by atoms with E-state index < -0.39 is 5.91 Å². The number of nitrogens with two attached hydrogens (primary N) is 1. The van der Waals surface area contributed by atoms with Crippen molar-refractivity contribution in [3.63, 3.8) is 0 Å². The van der Waals surface area contributed by atoms with Gasteiger partial charge in [-0.1, -0.05) is 18.0 Å². The van der Waals surface area contributed by atoms with Crippen LogP contribution in [-0.4, -0.2) is 33.4 Å². The van der Waals surface area contributed by atoms with Gasteiger partial charge in [0, 0.05) is 41.0 Å². The molecule has 9 nitrogen and oxygen atoms in total. The average Bonchev–Trinajstić information content (AvgIpc) is 3.47. The molecule has 29 heavy (non-hydrogen) atoms. The number of H-pyrrole nitrogens is 1. The van der Waals surface area contributed by atoms with Gasteiger partial charge in [-0.3, -0.25) is 9.48 Å². The number of primary amides is 1. The summed E-state index contributed by atoms with van der Waals surface area (Å²) in [5.41, 5.74) is 7.79. The molecule has 1 fully saturated rings. The first-order valence-electron chi connectivity index (χ1n) is 9.51. The highest BCUT2D eigenvalue weighted by atomic mass is 16.3. The molecule has 0 spiro atoms. The predicted molar refractivity (Wildman–Crippen MR) is 108 cm³/mol. The van der Waals surface area contributed by atoms with Crippen molar-refractivity contribution in [2.75, 3.05) is 6.54 Å². The normalized spacial score (nSPS) is 16.1. The lowest BCUT2D eigenvalue weighted by Crippen LogP contribution is -2.17. The van der Waals surface area contributed by atoms with Crippen molar-refractivity contribution in [2.45, 2.75) is 38.1 Å². The fourth-order valence-corrected chi connectivity index (χ4v) is 4.02. The number of aromatic amines is 1. The molecule has 1 aliphatic rings. The van der Waals surface area contributed by atoms with Crippen molar-refractivity contribution in [1.82, 2.24) is 14.8 Å². The molecule has 9 heteroatoms. The van der Waals surface area contributed by atoms with Crippen LogP contribution in [0.1, 0.15) is 59.8 Å². The molecule has 0 saturated heterocycles. The second-order valence-electron chi connectivity index (χ2n) is 7.18. The molecule has 0 aromatic carbocycles. The Labute approximate surface area is 168 Å². The summed E-state index contributed by atoms with van der Waals surface area (Å²) in [5, 5.41) is 24.4. The minimum Gasteiger partial charge on any atom is -0.366 e. The second-order valence-corrected chi connectivity index (χ2v) is 7.18. The van der Waals surface area contributed by atoms with Crippen molar-refractivity contribution < 1.29 is 4.79 Å². The van der Waals surface area contributed by atoms with Gasteiger partial charge >= 0.3 is 0 Å². The van der Waals surface area contributed by atoms with Crippen molar-refractivity contribution in [2.24, 2.45) is 16.8 Å². The summed E-state index contributed by atoms with van der Waals surface area (Å²) >= 11 is 0. The summed E-state index contributed by atoms with van der Waals surface area (Å²) in [4.78, 5) is 25.4. The van der Waals surface area contributed by atoms with Gasteiger partial charge in [0.1, 0.15) is 6.54 Å². The Morgan fingerprint density at radius 2 is 2.24 bits per heavy atom. The number of nitrogens with zero attached hydrogens (tertiary/aromatic N) is 4. The monoisotopic (exact) mass is 393 g/mol. The summed E-state index contributed by atoms with van der Waals surface area (Å²) in [6.07, 6.45) is 10.9. The van der Waals surface area contributed by atoms with E-state index in [0.29, 0.717) is 40.3 Å². The van der Waals surface area contributed by atoms with Crippen molar-refractivity contribution in [3.8, 4) is 6.07 Å². The van der Waals surface area contributed by atoms with Crippen LogP contribution in [0.15, 0.2) is 35.4 Å². The molecule has 1 aliphatic carbocycles. The molecule has 4 N–H and O–H groups in total. The largest absolute Gasteiger partial charge is 0.366 e. The number of nitriles is 1. The quantitative estimate of drug-likeness (QED) is 0.442. The van der Waals surface area contributed by atoms with Crippen molar-refractivity contribution in [3.05, 3.63) is 52.0 Å². The number of nitrogens with one attached hydrogen (secondary N) is 2. The van der Waals surface area contributed by atoms with Crippen molar-refractivity contribution in [1.29, 1.82) is 10.7 Å². The van der Waals surface area contributed by atoms with E-state index in [-0.39, 0.29) is 12.6 Å². The zero-order chi connectivity index (χ0) is 20.8. The molecular weight excluding hydrogens is 370 g/mol. The van der Waals surface area contributed by atoms with Gasteiger partial charge in [0.05, 0.1) is 30.3 Å². The maximum atomic E-state index is 11.5. The van der Waals surface area contributed by atoms with Gasteiger partial charge in [-0.2, -0.15) is 15.3 Å². The number of nitroso groups, excluding NO2 is 1. The van der Waals surface area contributed by atoms with Gasteiger partial charge in [-0.05, 0) is 24.8 Å². The number of amides is 1. The SMILES string of the molecule is N#CCC(C1CCCC1)n1cc(/C(=C(/C=N)CN=O)c2cc(C(N)=O)c[nH]2)cn1. The Morgan fingerprint density at radius 3 is 2.83 bits per heavy atom. The van der Waals surface area contributed by atoms with Gasteiger partial charge < -0.3 is 16.1 Å². The van der Waals surface area contributed by atoms with Crippen LogP contribution < -0.4 is 5.73 Å². The summed E-state index contributed by atoms with van der Waals surface area (Å²) < 4.78 is 1.81. The van der Waals surface area contributed by atoms with E-state index in [9.17, 15) is 15.0 Å². The summed E-state index contributed by atoms with van der Waals surface area (Å²) in [6, 6.07) is 3.82. The third-order valence-corrected chi connectivity index (χ3v) is 5.44. The average molecular weight is 393 g/mol. The van der Waals surface area contributed by atoms with Gasteiger partial charge in [0.25, 0.3) is 0 Å². The first kappa shape index (κ1) is 20.2. The van der Waals surface area contributed by atoms with Crippen LogP contribution in [0.3, 0.4) is 0 Å². The van der Waals surface area contributed by atoms with Crippen LogP contribution in [0.2, 0.25) is 0 Å². The number of hydrogen-bond donors (Lipinski definition) is 3. The zero-order valence-electron chi connectivity index (χ0n) is 16.0. The Kier molecular flexibility index (Phi) is 6.34. The molecule has 0 radical (unpaired) electrons. The van der Waals surface area contributed by atoms with E-state index in [1.54, 1.807) is 12.3 Å². The van der Waals surface area contributed by atoms with Crippen LogP contribution in [0.25, 0.3) is 5.57 Å². The number of aromatic nitrogens is 3. The van der Waals surface area contributed by atoms with E-state index in [1.165, 1.54) is 6.20 Å². The maximum Gasteiger partial charge on any atom is 0.250 e. The molecule has 2 aromatic heterocycles. The third-order valence-electron chi connectivity index (χ3n) is 5.44. The third kappa shape index (κ3) is 4.32. The number of hydrogen-bond acceptors (Lipinski definition) is 6. The fraction of sp³-hybridized carbons (Fsp3) is 0.400. The first-order chi connectivity index (χ1) is 14.1. The van der Waals surface area contributed by atoms with Gasteiger partial charge in [0.2, 0.25) is 5.91 Å². The Balaban J connectivity index is 2.04. The van der Waals surface area contributed by atoms with E-state index in [1.807, 2.05) is 10.9 Å². The van der Waals surface area contributed by atoms with Gasteiger partial charge in [-0.15, -0.1) is 0 Å². The summed E-state index contributed by atoms with van der Waals surface area (Å²) in [7, 11) is 0. The maximum absolute atomic E-state index is 11.5. The molecule has 2 aromatic rings. The van der Waals surface area contributed by atoms with E-state index in [0.717, 1.165) is 31.9 Å². The molecule has 1 atom stereocenters. The van der Waals surface area contributed by atoms with Crippen LogP contribution in [0.4, 0.5) is 0 Å². The van der Waals surface area contributed by atoms with Crippen LogP contribution in [-0.2, 0) is 0 Å². The predicted octanol–water partition coefficient (Wildman–Crippen LogP) is 3.17. The molecule has 2 heterocycles. The smallest absolute Gasteiger partial charge is 0.250 e. The minimum atomic E-state index is -0.581. The van der Waals surface area contributed by atoms with Crippen LogP contribution in [0, 0.1) is 27.6 Å². The zero-order valence-corrected chi connectivity index (χ0v) is 16.0. The minimum absolute atomic E-state index is 0.0186. The lowest BCUT2D eigenvalue weighted by atomic mass is 9.95. The summed E-state index contributed by atoms with van der Waals surface area (Å²) in [6.45, 7) is -0.195. The van der Waals surface area contributed by atoms with Gasteiger partial charge in [-0.25, -0.2) is 0 Å². The van der Waals surface area contributed by atoms with Crippen LogP contribution >= 0.6 is 0 Å². The molecule has 3 rings (SSSR count). The highest BCUT2D eigenvalue weighted by Gasteiger charge is 2.27. The van der Waals surface area contributed by atoms with E-state index in [4.69, 9.17) is 11.1 Å². The Hall–Kier alpha value is -3.54. The molecule has 0 aliphatic heterocycles. The molecule has 1 amide bonds. The topological polar surface area (TPSA) is 154 Å². The molecule has 1 saturated carbocycles. The molecule has 150 valence electrons. The lowest BCUT2D eigenvalue weighted by Gasteiger charge is -2.21. The number of carbonyl (C=O) groups excluding carboxylic acids is 1. The van der Waals surface area contributed by atoms with Gasteiger partial charge in [0.15, 0.2) is 0 Å². The highest BCUT2D eigenvalue weighted by Crippen LogP contribution is 2.36. The van der Waals surface area contributed by atoms with E-state index >= 15 is 0 Å². The first-order valence-corrected chi connectivity index (χ1v) is 9.51. The second kappa shape index (κ2) is 9.10.